The molecule has 7 nitrogen and oxygen atoms in total. The number of hydrogen-bond acceptors (Lipinski definition) is 6. The second-order valence-corrected chi connectivity index (χ2v) is 5.74. The van der Waals surface area contributed by atoms with Crippen LogP contribution in [0, 0.1) is 0 Å². The Balaban J connectivity index is 1.78. The number of nitrogens with one attached hydrogen (secondary N) is 1. The largest absolute Gasteiger partial charge is 0.497 e. The summed E-state index contributed by atoms with van der Waals surface area (Å²) >= 11 is 0. The zero-order valence-corrected chi connectivity index (χ0v) is 14.2. The molecule has 0 radical (unpaired) electrons. The topological polar surface area (TPSA) is 74.1 Å². The number of halogens is 2. The third-order valence-corrected chi connectivity index (χ3v) is 4.18. The van der Waals surface area contributed by atoms with Crippen LogP contribution in [0.25, 0.3) is 5.70 Å². The summed E-state index contributed by atoms with van der Waals surface area (Å²) in [5, 5.41) is 14.8. The van der Waals surface area contributed by atoms with Gasteiger partial charge in [-0.05, 0) is 52.4 Å². The third-order valence-electron chi connectivity index (χ3n) is 4.18. The summed E-state index contributed by atoms with van der Waals surface area (Å²) in [7, 11) is 1.59. The molecule has 138 valence electrons. The van der Waals surface area contributed by atoms with Crippen molar-refractivity contribution in [3.8, 4) is 11.5 Å². The predicted molar refractivity (Wildman–Crippen MR) is 93.6 cm³/mol. The van der Waals surface area contributed by atoms with Crippen LogP contribution < -0.4 is 14.8 Å². The Kier molecular flexibility index (Phi) is 4.41. The molecule has 3 aromatic rings. The molecule has 0 saturated heterocycles. The number of nitrogens with zero attached hydrogens (tertiary/aromatic N) is 4. The van der Waals surface area contributed by atoms with E-state index in [0.717, 1.165) is 17.0 Å². The Hall–Kier alpha value is -3.49. The number of hydrogen-bond donors (Lipinski definition) is 1. The van der Waals surface area contributed by atoms with Gasteiger partial charge in [0.1, 0.15) is 17.5 Å². The van der Waals surface area contributed by atoms with Gasteiger partial charge in [0, 0.05) is 11.3 Å². The Morgan fingerprint density at radius 2 is 1.89 bits per heavy atom. The van der Waals surface area contributed by atoms with E-state index in [-0.39, 0.29) is 5.75 Å². The van der Waals surface area contributed by atoms with Gasteiger partial charge in [0.15, 0.2) is 0 Å². The average Bonchev–Trinajstić information content (AvgIpc) is 3.16. The first-order valence-corrected chi connectivity index (χ1v) is 8.10. The van der Waals surface area contributed by atoms with Crippen molar-refractivity contribution in [1.29, 1.82) is 0 Å². The molecule has 9 heteroatoms. The molecule has 2 heterocycles. The van der Waals surface area contributed by atoms with Gasteiger partial charge in [-0.15, -0.1) is 0 Å². The van der Waals surface area contributed by atoms with Crippen LogP contribution in [0.4, 0.5) is 14.7 Å². The minimum Gasteiger partial charge on any atom is -0.497 e. The van der Waals surface area contributed by atoms with Crippen LogP contribution in [0.15, 0.2) is 54.6 Å². The van der Waals surface area contributed by atoms with E-state index in [4.69, 9.17) is 4.74 Å². The van der Waals surface area contributed by atoms with Crippen molar-refractivity contribution in [3.63, 3.8) is 0 Å². The molecule has 1 aliphatic heterocycles. The Morgan fingerprint density at radius 3 is 2.63 bits per heavy atom. The SMILES string of the molecule is COc1ccc(C2=C[C@@H](c3ccccc3OC(F)F)n3nnnc3N2)cc1. The lowest BCUT2D eigenvalue weighted by molar-refractivity contribution is -0.0506. The number of allylic oxidation sites excluding steroid dienone is 1. The Morgan fingerprint density at radius 1 is 1.11 bits per heavy atom. The highest BCUT2D eigenvalue weighted by atomic mass is 19.3. The molecular formula is C18H15F2N5O2. The first-order chi connectivity index (χ1) is 13.2. The van der Waals surface area contributed by atoms with E-state index in [2.05, 4.69) is 25.6 Å². The lowest BCUT2D eigenvalue weighted by Gasteiger charge is -2.25. The fourth-order valence-electron chi connectivity index (χ4n) is 2.94. The van der Waals surface area contributed by atoms with Gasteiger partial charge < -0.3 is 14.8 Å². The van der Waals surface area contributed by atoms with Gasteiger partial charge in [-0.25, -0.2) is 0 Å². The maximum atomic E-state index is 12.8. The first-order valence-electron chi connectivity index (χ1n) is 8.10. The first kappa shape index (κ1) is 17.0. The number of rotatable bonds is 5. The Labute approximate surface area is 153 Å². The van der Waals surface area contributed by atoms with E-state index in [0.29, 0.717) is 11.5 Å². The highest BCUT2D eigenvalue weighted by molar-refractivity contribution is 5.77. The lowest BCUT2D eigenvalue weighted by atomic mass is 10.0. The van der Waals surface area contributed by atoms with Gasteiger partial charge in [0.25, 0.3) is 0 Å². The average molecular weight is 371 g/mol. The van der Waals surface area contributed by atoms with Gasteiger partial charge in [0.05, 0.1) is 7.11 Å². The quantitative estimate of drug-likeness (QED) is 0.742. The predicted octanol–water partition coefficient (Wildman–Crippen LogP) is 3.34. The number of para-hydroxylation sites is 1. The number of ether oxygens (including phenoxy) is 2. The molecule has 4 rings (SSSR count). The molecule has 2 aromatic carbocycles. The summed E-state index contributed by atoms with van der Waals surface area (Å²) in [6.07, 6.45) is 1.86. The van der Waals surface area contributed by atoms with E-state index in [1.807, 2.05) is 30.3 Å². The van der Waals surface area contributed by atoms with Crippen LogP contribution >= 0.6 is 0 Å². The highest BCUT2D eigenvalue weighted by Crippen LogP contribution is 2.36. The maximum Gasteiger partial charge on any atom is 0.387 e. The standard InChI is InChI=1S/C18H15F2N5O2/c1-26-12-8-6-11(7-9-12)14-10-15(25-18(21-14)22-23-24-25)13-4-2-3-5-16(13)27-17(19)20/h2-10,15,17H,1H3,(H,21,22,24)/t15-/m0/s1. The summed E-state index contributed by atoms with van der Waals surface area (Å²) in [4.78, 5) is 0. The molecule has 0 spiro atoms. The third kappa shape index (κ3) is 3.31. The van der Waals surface area contributed by atoms with Crippen molar-refractivity contribution >= 4 is 11.6 Å². The molecule has 0 bridgehead atoms. The number of fused-ring (bicyclic) bond motifs is 1. The second-order valence-electron chi connectivity index (χ2n) is 5.74. The van der Waals surface area contributed by atoms with Gasteiger partial charge in [0.2, 0.25) is 5.95 Å². The number of alkyl halides is 2. The monoisotopic (exact) mass is 371 g/mol. The highest BCUT2D eigenvalue weighted by Gasteiger charge is 2.27. The van der Waals surface area contributed by atoms with E-state index in [1.165, 1.54) is 10.7 Å². The van der Waals surface area contributed by atoms with Gasteiger partial charge in [-0.1, -0.05) is 23.3 Å². The van der Waals surface area contributed by atoms with Crippen molar-refractivity contribution < 1.29 is 18.3 Å². The smallest absolute Gasteiger partial charge is 0.387 e. The lowest BCUT2D eigenvalue weighted by Crippen LogP contribution is -2.21. The maximum absolute atomic E-state index is 12.8. The van der Waals surface area contributed by atoms with Crippen LogP contribution in [0.2, 0.25) is 0 Å². The van der Waals surface area contributed by atoms with Gasteiger partial charge >= 0.3 is 6.61 Å². The summed E-state index contributed by atoms with van der Waals surface area (Å²) in [5.41, 5.74) is 2.15. The fraction of sp³-hybridized carbons (Fsp3) is 0.167. The van der Waals surface area contributed by atoms with Crippen molar-refractivity contribution in [3.05, 3.63) is 65.7 Å². The zero-order chi connectivity index (χ0) is 18.8. The molecule has 1 aliphatic rings. The molecule has 27 heavy (non-hydrogen) atoms. The molecular weight excluding hydrogens is 356 g/mol. The van der Waals surface area contributed by atoms with E-state index in [9.17, 15) is 8.78 Å². The minimum atomic E-state index is -2.92. The molecule has 1 atom stereocenters. The summed E-state index contributed by atoms with van der Waals surface area (Å²) < 4.78 is 37.0. The number of tetrazole rings is 1. The van der Waals surface area contributed by atoms with Crippen molar-refractivity contribution in [1.82, 2.24) is 20.2 Å². The summed E-state index contributed by atoms with van der Waals surface area (Å²) in [5.74, 6) is 1.21. The van der Waals surface area contributed by atoms with Crippen molar-refractivity contribution in [2.75, 3.05) is 12.4 Å². The second kappa shape index (κ2) is 7.02. The van der Waals surface area contributed by atoms with Crippen LogP contribution in [0.3, 0.4) is 0 Å². The number of benzene rings is 2. The fourth-order valence-corrected chi connectivity index (χ4v) is 2.94. The zero-order valence-electron chi connectivity index (χ0n) is 14.2. The molecule has 0 saturated carbocycles. The number of anilines is 1. The summed E-state index contributed by atoms with van der Waals surface area (Å²) in [6.45, 7) is -2.92. The molecule has 0 fully saturated rings. The molecule has 1 N–H and O–H groups in total. The molecule has 0 amide bonds. The van der Waals surface area contributed by atoms with Crippen LogP contribution in [-0.4, -0.2) is 33.9 Å². The minimum absolute atomic E-state index is 0.0752. The van der Waals surface area contributed by atoms with Crippen LogP contribution in [0.5, 0.6) is 11.5 Å². The van der Waals surface area contributed by atoms with E-state index in [1.54, 1.807) is 25.3 Å². The van der Waals surface area contributed by atoms with E-state index >= 15 is 0 Å². The normalized spacial score (nSPS) is 15.7. The van der Waals surface area contributed by atoms with Gasteiger partial charge in [-0.3, -0.25) is 0 Å². The molecule has 0 unspecified atom stereocenters. The Bertz CT molecular complexity index is 972. The number of aromatic nitrogens is 4. The van der Waals surface area contributed by atoms with Gasteiger partial charge in [-0.2, -0.15) is 13.5 Å². The number of methoxy groups -OCH3 is 1. The van der Waals surface area contributed by atoms with Crippen molar-refractivity contribution in [2.45, 2.75) is 12.7 Å². The van der Waals surface area contributed by atoms with Crippen molar-refractivity contribution in [2.24, 2.45) is 0 Å². The summed E-state index contributed by atoms with van der Waals surface area (Å²) in [6, 6.07) is 13.5. The van der Waals surface area contributed by atoms with Crippen LogP contribution in [0.1, 0.15) is 17.2 Å². The van der Waals surface area contributed by atoms with E-state index < -0.39 is 12.7 Å². The van der Waals surface area contributed by atoms with Crippen LogP contribution in [-0.2, 0) is 0 Å². The molecule has 0 aliphatic carbocycles. The molecule has 1 aromatic heterocycles.